The van der Waals surface area contributed by atoms with Gasteiger partial charge in [-0.2, -0.15) is 0 Å². The third-order valence-corrected chi connectivity index (χ3v) is 2.12. The molecule has 1 N–H and O–H groups in total. The summed E-state index contributed by atoms with van der Waals surface area (Å²) in [7, 11) is 0. The average Bonchev–Trinajstić information content (AvgIpc) is 2.10. The number of hydrogen-bond donors (Lipinski definition) is 1. The Morgan fingerprint density at radius 3 is 2.44 bits per heavy atom. The minimum atomic E-state index is -0.113. The molecule has 0 amide bonds. The van der Waals surface area contributed by atoms with E-state index in [1.54, 1.807) is 0 Å². The molecule has 1 heteroatoms. The van der Waals surface area contributed by atoms with E-state index in [1.807, 2.05) is 6.08 Å². The lowest BCUT2D eigenvalue weighted by molar-refractivity contribution is 0.151. The molecule has 9 heavy (non-hydrogen) atoms. The molecular formula is C8H14O. The van der Waals surface area contributed by atoms with Crippen LogP contribution in [0.15, 0.2) is 12.7 Å². The number of hydrogen-bond acceptors (Lipinski definition) is 1. The minimum Gasteiger partial charge on any atom is -0.393 e. The predicted octanol–water partition coefficient (Wildman–Crippen LogP) is 1.58. The van der Waals surface area contributed by atoms with Gasteiger partial charge < -0.3 is 5.11 Å². The summed E-state index contributed by atoms with van der Waals surface area (Å²) in [5, 5.41) is 9.29. The number of aliphatic hydroxyl groups is 1. The van der Waals surface area contributed by atoms with Crippen molar-refractivity contribution in [2.45, 2.75) is 25.9 Å². The number of rotatable bonds is 1. The molecule has 0 saturated heterocycles. The van der Waals surface area contributed by atoms with Gasteiger partial charge in [0.1, 0.15) is 0 Å². The Morgan fingerprint density at radius 1 is 1.56 bits per heavy atom. The van der Waals surface area contributed by atoms with Crippen LogP contribution >= 0.6 is 0 Å². The monoisotopic (exact) mass is 126 g/mol. The highest BCUT2D eigenvalue weighted by Gasteiger charge is 2.27. The average molecular weight is 126 g/mol. The molecule has 52 valence electrons. The Hall–Kier alpha value is -0.300. The zero-order valence-corrected chi connectivity index (χ0v) is 5.88. The Labute approximate surface area is 56.4 Å². The first-order valence-corrected chi connectivity index (χ1v) is 3.54. The fourth-order valence-corrected chi connectivity index (χ4v) is 1.56. The second-order valence-electron chi connectivity index (χ2n) is 3.04. The first-order chi connectivity index (χ1) is 4.24. The maximum atomic E-state index is 9.29. The maximum absolute atomic E-state index is 9.29. The van der Waals surface area contributed by atoms with Crippen LogP contribution in [0, 0.1) is 11.8 Å². The second kappa shape index (κ2) is 2.53. The lowest BCUT2D eigenvalue weighted by atomic mass is 10.1. The van der Waals surface area contributed by atoms with E-state index in [0.717, 1.165) is 12.8 Å². The third kappa shape index (κ3) is 1.33. The third-order valence-electron chi connectivity index (χ3n) is 2.12. The van der Waals surface area contributed by atoms with Crippen molar-refractivity contribution in [3.05, 3.63) is 12.7 Å². The molecular weight excluding hydrogens is 112 g/mol. The van der Waals surface area contributed by atoms with Gasteiger partial charge in [0.25, 0.3) is 0 Å². The van der Waals surface area contributed by atoms with Crippen LogP contribution in [-0.4, -0.2) is 11.2 Å². The molecule has 1 aliphatic carbocycles. The van der Waals surface area contributed by atoms with Crippen LogP contribution in [0.2, 0.25) is 0 Å². The summed E-state index contributed by atoms with van der Waals surface area (Å²) < 4.78 is 0. The van der Waals surface area contributed by atoms with E-state index in [9.17, 15) is 5.11 Å². The predicted molar refractivity (Wildman–Crippen MR) is 38.1 cm³/mol. The fourth-order valence-electron chi connectivity index (χ4n) is 1.56. The molecule has 3 unspecified atom stereocenters. The van der Waals surface area contributed by atoms with Crippen molar-refractivity contribution in [3.8, 4) is 0 Å². The summed E-state index contributed by atoms with van der Waals surface area (Å²) in [5.74, 6) is 1.04. The second-order valence-corrected chi connectivity index (χ2v) is 3.04. The lowest BCUT2D eigenvalue weighted by Gasteiger charge is -2.05. The van der Waals surface area contributed by atoms with Gasteiger partial charge in [-0.3, -0.25) is 0 Å². The van der Waals surface area contributed by atoms with Crippen LogP contribution in [0.25, 0.3) is 0 Å². The molecule has 0 spiro atoms. The van der Waals surface area contributed by atoms with Crippen LogP contribution in [0.4, 0.5) is 0 Å². The zero-order valence-electron chi connectivity index (χ0n) is 5.88. The van der Waals surface area contributed by atoms with Gasteiger partial charge in [-0.05, 0) is 18.8 Å². The van der Waals surface area contributed by atoms with Crippen LogP contribution < -0.4 is 0 Å². The van der Waals surface area contributed by atoms with Crippen molar-refractivity contribution in [1.82, 2.24) is 0 Å². The first kappa shape index (κ1) is 6.81. The summed E-state index contributed by atoms with van der Waals surface area (Å²) in [6.45, 7) is 5.84. The normalized spacial score (nSPS) is 43.1. The Kier molecular flexibility index (Phi) is 1.91. The summed E-state index contributed by atoms with van der Waals surface area (Å²) >= 11 is 0. The molecule has 0 radical (unpaired) electrons. The molecule has 0 aromatic rings. The van der Waals surface area contributed by atoms with Crippen LogP contribution in [-0.2, 0) is 0 Å². The molecule has 0 heterocycles. The van der Waals surface area contributed by atoms with Crippen LogP contribution in [0.1, 0.15) is 19.8 Å². The van der Waals surface area contributed by atoms with Crippen molar-refractivity contribution in [3.63, 3.8) is 0 Å². The first-order valence-electron chi connectivity index (χ1n) is 3.54. The van der Waals surface area contributed by atoms with Crippen LogP contribution in [0.5, 0.6) is 0 Å². The van der Waals surface area contributed by atoms with Gasteiger partial charge in [0.05, 0.1) is 6.10 Å². The molecule has 0 aromatic heterocycles. The van der Waals surface area contributed by atoms with E-state index in [0.29, 0.717) is 11.8 Å². The van der Waals surface area contributed by atoms with Gasteiger partial charge in [-0.25, -0.2) is 0 Å². The molecule has 0 aromatic carbocycles. The van der Waals surface area contributed by atoms with E-state index < -0.39 is 0 Å². The Balaban J connectivity index is 2.47. The van der Waals surface area contributed by atoms with Crippen molar-refractivity contribution in [2.24, 2.45) is 11.8 Å². The van der Waals surface area contributed by atoms with E-state index in [4.69, 9.17) is 0 Å². The van der Waals surface area contributed by atoms with Crippen molar-refractivity contribution in [1.29, 1.82) is 0 Å². The minimum absolute atomic E-state index is 0.113. The Bertz CT molecular complexity index is 109. The Morgan fingerprint density at radius 2 is 2.22 bits per heavy atom. The topological polar surface area (TPSA) is 20.2 Å². The van der Waals surface area contributed by atoms with E-state index in [2.05, 4.69) is 13.5 Å². The van der Waals surface area contributed by atoms with Crippen LogP contribution in [0.3, 0.4) is 0 Å². The largest absolute Gasteiger partial charge is 0.393 e. The quantitative estimate of drug-likeness (QED) is 0.529. The van der Waals surface area contributed by atoms with Gasteiger partial charge in [0.15, 0.2) is 0 Å². The number of aliphatic hydroxyl groups excluding tert-OH is 1. The molecule has 1 nitrogen and oxygen atoms in total. The fraction of sp³-hybridized carbons (Fsp3) is 0.750. The molecule has 0 aliphatic heterocycles. The molecule has 0 bridgehead atoms. The van der Waals surface area contributed by atoms with Crippen molar-refractivity contribution in [2.75, 3.05) is 0 Å². The van der Waals surface area contributed by atoms with Gasteiger partial charge in [0, 0.05) is 5.92 Å². The molecule has 1 saturated carbocycles. The van der Waals surface area contributed by atoms with E-state index in [1.165, 1.54) is 0 Å². The summed E-state index contributed by atoms with van der Waals surface area (Å²) in [4.78, 5) is 0. The van der Waals surface area contributed by atoms with E-state index in [-0.39, 0.29) is 6.10 Å². The highest BCUT2D eigenvalue weighted by Crippen LogP contribution is 2.30. The highest BCUT2D eigenvalue weighted by molar-refractivity contribution is 4.91. The molecule has 1 fully saturated rings. The molecule has 3 atom stereocenters. The standard InChI is InChI=1S/C8H14O/c1-3-7-4-6(2)5-8(7)9/h3,6-9H,1,4-5H2,2H3. The SMILES string of the molecule is C=CC1CC(C)CC1O. The molecule has 1 rings (SSSR count). The zero-order chi connectivity index (χ0) is 6.85. The lowest BCUT2D eigenvalue weighted by Crippen LogP contribution is -2.09. The highest BCUT2D eigenvalue weighted by atomic mass is 16.3. The van der Waals surface area contributed by atoms with Gasteiger partial charge in [-0.15, -0.1) is 6.58 Å². The van der Waals surface area contributed by atoms with Gasteiger partial charge >= 0.3 is 0 Å². The van der Waals surface area contributed by atoms with E-state index >= 15 is 0 Å². The van der Waals surface area contributed by atoms with Crippen molar-refractivity contribution >= 4 is 0 Å². The van der Waals surface area contributed by atoms with Crippen molar-refractivity contribution < 1.29 is 5.11 Å². The van der Waals surface area contributed by atoms with Gasteiger partial charge in [0.2, 0.25) is 0 Å². The van der Waals surface area contributed by atoms with Gasteiger partial charge in [-0.1, -0.05) is 13.0 Å². The summed E-state index contributed by atoms with van der Waals surface area (Å²) in [5.41, 5.74) is 0. The smallest absolute Gasteiger partial charge is 0.0605 e. The summed E-state index contributed by atoms with van der Waals surface area (Å²) in [6, 6.07) is 0. The summed E-state index contributed by atoms with van der Waals surface area (Å²) in [6.07, 6.45) is 3.83. The molecule has 1 aliphatic rings. The maximum Gasteiger partial charge on any atom is 0.0605 e.